The van der Waals surface area contributed by atoms with Gasteiger partial charge in [0.25, 0.3) is 0 Å². The van der Waals surface area contributed by atoms with Crippen LogP contribution in [0.4, 0.5) is 0 Å². The highest BCUT2D eigenvalue weighted by Crippen LogP contribution is 2.34. The van der Waals surface area contributed by atoms with E-state index in [0.29, 0.717) is 6.04 Å². The normalized spacial score (nSPS) is 24.9. The van der Waals surface area contributed by atoms with Gasteiger partial charge >= 0.3 is 0 Å². The molecule has 20 heavy (non-hydrogen) atoms. The monoisotopic (exact) mass is 297 g/mol. The predicted molar refractivity (Wildman–Crippen MR) is 85.2 cm³/mol. The van der Waals surface area contributed by atoms with Crippen molar-refractivity contribution in [3.05, 3.63) is 16.4 Å². The standard InChI is InChI=1S/C16H28ClN3/c1-5-12-7-6-8-13(9-12)14(18-3)10-15-16(17)11(2)19-20(15)4/h12-14,18H,5-10H2,1-4H3. The molecule has 0 aromatic carbocycles. The van der Waals surface area contributed by atoms with Crippen molar-refractivity contribution in [2.45, 2.75) is 58.4 Å². The Morgan fingerprint density at radius 2 is 2.20 bits per heavy atom. The molecule has 0 saturated heterocycles. The summed E-state index contributed by atoms with van der Waals surface area (Å²) in [5.74, 6) is 1.68. The molecule has 0 radical (unpaired) electrons. The van der Waals surface area contributed by atoms with Crippen molar-refractivity contribution >= 4 is 11.6 Å². The molecule has 1 aromatic heterocycles. The van der Waals surface area contributed by atoms with Crippen molar-refractivity contribution in [3.8, 4) is 0 Å². The van der Waals surface area contributed by atoms with Gasteiger partial charge in [-0.1, -0.05) is 37.8 Å². The molecule has 1 aromatic rings. The van der Waals surface area contributed by atoms with Crippen LogP contribution in [0.1, 0.15) is 50.4 Å². The van der Waals surface area contributed by atoms with E-state index < -0.39 is 0 Å². The van der Waals surface area contributed by atoms with E-state index in [4.69, 9.17) is 11.6 Å². The maximum atomic E-state index is 6.40. The Morgan fingerprint density at radius 3 is 2.75 bits per heavy atom. The van der Waals surface area contributed by atoms with E-state index in [1.807, 2.05) is 18.7 Å². The minimum Gasteiger partial charge on any atom is -0.316 e. The highest BCUT2D eigenvalue weighted by Gasteiger charge is 2.28. The van der Waals surface area contributed by atoms with Gasteiger partial charge in [-0.05, 0) is 38.6 Å². The lowest BCUT2D eigenvalue weighted by atomic mass is 9.76. The average Bonchev–Trinajstić information content (AvgIpc) is 2.70. The first-order valence-corrected chi connectivity index (χ1v) is 8.29. The Balaban J connectivity index is 2.08. The third-order valence-corrected chi connectivity index (χ3v) is 5.51. The van der Waals surface area contributed by atoms with E-state index in [-0.39, 0.29) is 0 Å². The summed E-state index contributed by atoms with van der Waals surface area (Å²) in [5.41, 5.74) is 2.11. The van der Waals surface area contributed by atoms with E-state index in [0.717, 1.165) is 29.0 Å². The fraction of sp³-hybridized carbons (Fsp3) is 0.812. The molecule has 0 spiro atoms. The lowest BCUT2D eigenvalue weighted by molar-refractivity contribution is 0.211. The van der Waals surface area contributed by atoms with Crippen LogP contribution in [0.3, 0.4) is 0 Å². The molecule has 1 heterocycles. The average molecular weight is 298 g/mol. The molecule has 4 heteroatoms. The molecular weight excluding hydrogens is 270 g/mol. The number of rotatable bonds is 5. The summed E-state index contributed by atoms with van der Waals surface area (Å²) in [5, 5.41) is 8.80. The van der Waals surface area contributed by atoms with Gasteiger partial charge in [0, 0.05) is 19.5 Å². The number of nitrogens with one attached hydrogen (secondary N) is 1. The summed E-state index contributed by atoms with van der Waals surface area (Å²) in [6.45, 7) is 4.30. The molecule has 1 aliphatic rings. The second-order valence-electron chi connectivity index (χ2n) is 6.27. The van der Waals surface area contributed by atoms with Crippen molar-refractivity contribution in [1.82, 2.24) is 15.1 Å². The number of hydrogen-bond acceptors (Lipinski definition) is 2. The second kappa shape index (κ2) is 6.95. The topological polar surface area (TPSA) is 29.9 Å². The summed E-state index contributed by atoms with van der Waals surface area (Å²) in [6, 6.07) is 0.511. The van der Waals surface area contributed by atoms with Crippen LogP contribution in [0.15, 0.2) is 0 Å². The van der Waals surface area contributed by atoms with Crippen LogP contribution >= 0.6 is 11.6 Å². The minimum atomic E-state index is 0.511. The quantitative estimate of drug-likeness (QED) is 0.897. The summed E-state index contributed by atoms with van der Waals surface area (Å²) < 4.78 is 1.95. The summed E-state index contributed by atoms with van der Waals surface area (Å²) in [7, 11) is 4.08. The van der Waals surface area contributed by atoms with Gasteiger partial charge in [0.05, 0.1) is 16.4 Å². The third-order valence-electron chi connectivity index (χ3n) is 5.02. The first-order valence-electron chi connectivity index (χ1n) is 7.92. The van der Waals surface area contributed by atoms with Crippen LogP contribution in [-0.4, -0.2) is 22.9 Å². The van der Waals surface area contributed by atoms with Gasteiger partial charge < -0.3 is 5.32 Å². The number of halogens is 1. The smallest absolute Gasteiger partial charge is 0.0847 e. The zero-order valence-corrected chi connectivity index (χ0v) is 14.0. The highest BCUT2D eigenvalue weighted by molar-refractivity contribution is 6.31. The fourth-order valence-corrected chi connectivity index (χ4v) is 3.92. The van der Waals surface area contributed by atoms with E-state index in [9.17, 15) is 0 Å². The molecule has 114 valence electrons. The van der Waals surface area contributed by atoms with Gasteiger partial charge in [0.15, 0.2) is 0 Å². The Morgan fingerprint density at radius 1 is 1.45 bits per heavy atom. The highest BCUT2D eigenvalue weighted by atomic mass is 35.5. The first kappa shape index (κ1) is 15.8. The molecule has 1 fully saturated rings. The van der Waals surface area contributed by atoms with Crippen LogP contribution < -0.4 is 5.32 Å². The van der Waals surface area contributed by atoms with E-state index in [1.54, 1.807) is 0 Å². The zero-order valence-electron chi connectivity index (χ0n) is 13.2. The van der Waals surface area contributed by atoms with Crippen molar-refractivity contribution < 1.29 is 0 Å². The lowest BCUT2D eigenvalue weighted by Crippen LogP contribution is -2.38. The Kier molecular flexibility index (Phi) is 5.50. The molecule has 0 amide bonds. The molecule has 2 rings (SSSR count). The maximum absolute atomic E-state index is 6.40. The third kappa shape index (κ3) is 3.37. The number of aromatic nitrogens is 2. The number of likely N-dealkylation sites (N-methyl/N-ethyl adjacent to an activating group) is 1. The van der Waals surface area contributed by atoms with E-state index >= 15 is 0 Å². The summed E-state index contributed by atoms with van der Waals surface area (Å²) in [4.78, 5) is 0. The second-order valence-corrected chi connectivity index (χ2v) is 6.65. The Bertz CT molecular complexity index is 441. The van der Waals surface area contributed by atoms with Crippen molar-refractivity contribution in [2.75, 3.05) is 7.05 Å². The van der Waals surface area contributed by atoms with Gasteiger partial charge in [0.2, 0.25) is 0 Å². The van der Waals surface area contributed by atoms with Gasteiger partial charge in [-0.15, -0.1) is 0 Å². The molecule has 0 aliphatic heterocycles. The Labute approximate surface area is 128 Å². The summed E-state index contributed by atoms with van der Waals surface area (Å²) in [6.07, 6.45) is 7.79. The van der Waals surface area contributed by atoms with Crippen molar-refractivity contribution in [2.24, 2.45) is 18.9 Å². The molecule has 3 nitrogen and oxygen atoms in total. The van der Waals surface area contributed by atoms with Crippen LogP contribution in [0, 0.1) is 18.8 Å². The Hall–Kier alpha value is -0.540. The van der Waals surface area contributed by atoms with Crippen LogP contribution in [-0.2, 0) is 13.5 Å². The fourth-order valence-electron chi connectivity index (χ4n) is 3.68. The number of aryl methyl sites for hydroxylation is 2. The molecule has 1 N–H and O–H groups in total. The van der Waals surface area contributed by atoms with E-state index in [1.165, 1.54) is 37.8 Å². The van der Waals surface area contributed by atoms with Gasteiger partial charge in [-0.2, -0.15) is 5.10 Å². The van der Waals surface area contributed by atoms with Crippen LogP contribution in [0.2, 0.25) is 5.02 Å². The SMILES string of the molecule is CCC1CCCC(C(Cc2c(Cl)c(C)nn2C)NC)C1. The predicted octanol–water partition coefficient (Wildman–Crippen LogP) is 3.73. The van der Waals surface area contributed by atoms with Gasteiger partial charge in [-0.3, -0.25) is 4.68 Å². The molecule has 1 aliphatic carbocycles. The number of hydrogen-bond donors (Lipinski definition) is 1. The minimum absolute atomic E-state index is 0.511. The lowest BCUT2D eigenvalue weighted by Gasteiger charge is -2.34. The summed E-state index contributed by atoms with van der Waals surface area (Å²) >= 11 is 6.40. The molecule has 1 saturated carbocycles. The molecule has 3 unspecified atom stereocenters. The maximum Gasteiger partial charge on any atom is 0.0847 e. The molecule has 0 bridgehead atoms. The number of nitrogens with zero attached hydrogens (tertiary/aromatic N) is 2. The van der Waals surface area contributed by atoms with Crippen molar-refractivity contribution in [1.29, 1.82) is 0 Å². The van der Waals surface area contributed by atoms with Gasteiger partial charge in [0.1, 0.15) is 0 Å². The largest absolute Gasteiger partial charge is 0.316 e. The first-order chi connectivity index (χ1) is 9.56. The van der Waals surface area contributed by atoms with Gasteiger partial charge in [-0.25, -0.2) is 0 Å². The zero-order chi connectivity index (χ0) is 14.7. The van der Waals surface area contributed by atoms with Crippen LogP contribution in [0.25, 0.3) is 0 Å². The molecule has 3 atom stereocenters. The van der Waals surface area contributed by atoms with Crippen LogP contribution in [0.5, 0.6) is 0 Å². The molecular formula is C16H28ClN3. The van der Waals surface area contributed by atoms with Crippen molar-refractivity contribution in [3.63, 3.8) is 0 Å². The van der Waals surface area contributed by atoms with E-state index in [2.05, 4.69) is 24.4 Å².